The minimum atomic E-state index is -5.08. The van der Waals surface area contributed by atoms with Crippen LogP contribution in [-0.4, -0.2) is 85.8 Å². The fourth-order valence-corrected chi connectivity index (χ4v) is 5.80. The van der Waals surface area contributed by atoms with Crippen molar-refractivity contribution in [2.75, 3.05) is 26.7 Å². The Balaban J connectivity index is 0.000000303. The molecule has 1 aromatic carbocycles. The number of carbonyl (C=O) groups is 2. The second-order valence-electron chi connectivity index (χ2n) is 10.1. The van der Waals surface area contributed by atoms with E-state index in [-0.39, 0.29) is 11.4 Å². The van der Waals surface area contributed by atoms with Gasteiger partial charge in [0.25, 0.3) is 0 Å². The number of aliphatic carboxylic acids is 2. The summed E-state index contributed by atoms with van der Waals surface area (Å²) in [6, 6.07) is 8.84. The first-order valence-electron chi connectivity index (χ1n) is 12.7. The number of thiophene rings is 1. The van der Waals surface area contributed by atoms with Gasteiger partial charge in [-0.05, 0) is 68.1 Å². The minimum absolute atomic E-state index is 0.00343. The lowest BCUT2D eigenvalue weighted by molar-refractivity contribution is -0.193. The number of likely N-dealkylation sites (N-methyl/N-ethyl adjacent to an activating group) is 1. The molecule has 0 unspecified atom stereocenters. The van der Waals surface area contributed by atoms with Crippen molar-refractivity contribution in [2.24, 2.45) is 0 Å². The number of halogens is 7. The monoisotopic (exact) mass is 639 g/mol. The highest BCUT2D eigenvalue weighted by Crippen LogP contribution is 2.39. The van der Waals surface area contributed by atoms with Crippen molar-refractivity contribution in [1.82, 2.24) is 24.6 Å². The molecule has 9 nitrogen and oxygen atoms in total. The number of aryl methyl sites for hydroxylation is 1. The van der Waals surface area contributed by atoms with Gasteiger partial charge in [-0.3, -0.25) is 9.80 Å². The number of alkyl halides is 6. The molecule has 2 aliphatic rings. The number of fused-ring (bicyclic) bond motifs is 2. The number of carboxylic acids is 2. The molecule has 0 saturated carbocycles. The van der Waals surface area contributed by atoms with Crippen LogP contribution in [0.5, 0.6) is 0 Å². The number of piperidine rings is 1. The molecule has 0 radical (unpaired) electrons. The van der Waals surface area contributed by atoms with Gasteiger partial charge in [0.05, 0.1) is 12.1 Å². The molecular formula is C26H28F7N5O4S. The van der Waals surface area contributed by atoms with E-state index in [2.05, 4.69) is 50.0 Å². The minimum Gasteiger partial charge on any atom is -0.475 e. The lowest BCUT2D eigenvalue weighted by Crippen LogP contribution is -2.55. The molecule has 1 spiro atoms. The van der Waals surface area contributed by atoms with Gasteiger partial charge in [-0.2, -0.15) is 26.3 Å². The van der Waals surface area contributed by atoms with E-state index in [4.69, 9.17) is 19.8 Å². The summed E-state index contributed by atoms with van der Waals surface area (Å²) in [7, 11) is 2.17. The maximum atomic E-state index is 13.4. The first-order chi connectivity index (χ1) is 19.9. The zero-order valence-electron chi connectivity index (χ0n) is 22.9. The normalized spacial score (nSPS) is 16.9. The number of likely N-dealkylation sites (tertiary alicyclic amines) is 1. The van der Waals surface area contributed by atoms with Gasteiger partial charge in [0.2, 0.25) is 0 Å². The summed E-state index contributed by atoms with van der Waals surface area (Å²) in [6.45, 7) is 7.16. The van der Waals surface area contributed by atoms with Crippen LogP contribution in [-0.2, 0) is 28.2 Å². The van der Waals surface area contributed by atoms with Crippen molar-refractivity contribution in [1.29, 1.82) is 0 Å². The van der Waals surface area contributed by atoms with Crippen LogP contribution in [0.15, 0.2) is 35.7 Å². The van der Waals surface area contributed by atoms with Gasteiger partial charge in [-0.25, -0.2) is 14.0 Å². The second-order valence-corrected chi connectivity index (χ2v) is 11.1. The largest absolute Gasteiger partial charge is 0.490 e. The van der Waals surface area contributed by atoms with Gasteiger partial charge in [-0.15, -0.1) is 21.5 Å². The van der Waals surface area contributed by atoms with E-state index >= 15 is 0 Å². The Morgan fingerprint density at radius 2 is 1.49 bits per heavy atom. The average molecular weight is 640 g/mol. The maximum absolute atomic E-state index is 13.4. The van der Waals surface area contributed by atoms with Crippen LogP contribution < -0.4 is 0 Å². The topological polar surface area (TPSA) is 112 Å². The average Bonchev–Trinajstić information content (AvgIpc) is 3.52. The first kappa shape index (κ1) is 33.9. The molecule has 3 aromatic rings. The van der Waals surface area contributed by atoms with E-state index in [1.165, 1.54) is 22.6 Å². The number of aromatic nitrogens is 3. The fraction of sp³-hybridized carbons (Fsp3) is 0.462. The Bertz CT molecular complexity index is 1370. The third kappa shape index (κ3) is 8.73. The quantitative estimate of drug-likeness (QED) is 0.379. The molecule has 1 fully saturated rings. The Kier molecular flexibility index (Phi) is 10.6. The molecular weight excluding hydrogens is 611 g/mol. The molecule has 0 amide bonds. The standard InChI is InChI=1S/C22H26FN5S.2C2HF3O2/c1-16-7-12-29-19(16)13-27-10-8-22(9-11-27)15-26(2)14-20-24-25-21(28(20)22)17-3-5-18(23)6-4-17;2*3-2(4,5)1(6)7/h3-7,12H,8-11,13-15H2,1-2H3;2*(H,6,7). The summed E-state index contributed by atoms with van der Waals surface area (Å²) >= 11 is 1.86. The molecule has 17 heteroatoms. The molecule has 2 aliphatic heterocycles. The van der Waals surface area contributed by atoms with Crippen molar-refractivity contribution in [3.63, 3.8) is 0 Å². The smallest absolute Gasteiger partial charge is 0.475 e. The van der Waals surface area contributed by atoms with E-state index in [1.54, 1.807) is 0 Å². The van der Waals surface area contributed by atoms with Crippen LogP contribution in [0.2, 0.25) is 0 Å². The summed E-state index contributed by atoms with van der Waals surface area (Å²) in [6.07, 6.45) is -8.03. The predicted molar refractivity (Wildman–Crippen MR) is 141 cm³/mol. The fourth-order valence-electron chi connectivity index (χ4n) is 4.85. The zero-order valence-corrected chi connectivity index (χ0v) is 23.7. The van der Waals surface area contributed by atoms with Crippen LogP contribution in [0.4, 0.5) is 30.7 Å². The van der Waals surface area contributed by atoms with Crippen LogP contribution >= 0.6 is 11.3 Å². The van der Waals surface area contributed by atoms with Crippen LogP contribution in [0.3, 0.4) is 0 Å². The van der Waals surface area contributed by atoms with Crippen LogP contribution in [0, 0.1) is 12.7 Å². The van der Waals surface area contributed by atoms with Crippen LogP contribution in [0.25, 0.3) is 11.4 Å². The van der Waals surface area contributed by atoms with Gasteiger partial charge in [-0.1, -0.05) is 0 Å². The Morgan fingerprint density at radius 1 is 0.953 bits per heavy atom. The van der Waals surface area contributed by atoms with E-state index in [9.17, 15) is 30.7 Å². The zero-order chi connectivity index (χ0) is 32.2. The summed E-state index contributed by atoms with van der Waals surface area (Å²) in [5, 5.41) is 25.5. The predicted octanol–water partition coefficient (Wildman–Crippen LogP) is 5.16. The summed E-state index contributed by atoms with van der Waals surface area (Å²) < 4.78 is 79.3. The lowest BCUT2D eigenvalue weighted by atomic mass is 9.84. The van der Waals surface area contributed by atoms with E-state index in [0.29, 0.717) is 0 Å². The van der Waals surface area contributed by atoms with Gasteiger partial charge in [0, 0.05) is 36.6 Å². The summed E-state index contributed by atoms with van der Waals surface area (Å²) in [4.78, 5) is 24.2. The number of rotatable bonds is 3. The Labute approximate surface area is 245 Å². The third-order valence-electron chi connectivity index (χ3n) is 6.89. The summed E-state index contributed by atoms with van der Waals surface area (Å²) in [5.74, 6) is -3.85. The van der Waals surface area contributed by atoms with Crippen molar-refractivity contribution in [2.45, 2.75) is 50.7 Å². The summed E-state index contributed by atoms with van der Waals surface area (Å²) in [5.41, 5.74) is 2.33. The first-order valence-corrected chi connectivity index (χ1v) is 13.6. The molecule has 43 heavy (non-hydrogen) atoms. The van der Waals surface area contributed by atoms with Gasteiger partial charge < -0.3 is 14.8 Å². The number of nitrogens with zero attached hydrogens (tertiary/aromatic N) is 5. The molecule has 2 N–H and O–H groups in total. The molecule has 1 saturated heterocycles. The van der Waals surface area contributed by atoms with Crippen molar-refractivity contribution in [3.05, 3.63) is 57.8 Å². The molecule has 5 rings (SSSR count). The Morgan fingerprint density at radius 3 is 1.95 bits per heavy atom. The number of benzene rings is 1. The van der Waals surface area contributed by atoms with Crippen LogP contribution in [0.1, 0.15) is 29.1 Å². The molecule has 0 atom stereocenters. The lowest BCUT2D eigenvalue weighted by Gasteiger charge is -2.48. The van der Waals surface area contributed by atoms with E-state index in [0.717, 1.165) is 62.8 Å². The number of hydrogen-bond donors (Lipinski definition) is 2. The highest BCUT2D eigenvalue weighted by Gasteiger charge is 2.43. The second kappa shape index (κ2) is 13.4. The molecule has 236 valence electrons. The molecule has 2 aromatic heterocycles. The third-order valence-corrected chi connectivity index (χ3v) is 7.90. The SMILES string of the molecule is Cc1ccsc1CN1CCC2(CC1)CN(C)Cc1nnc(-c3ccc(F)cc3)n12.O=C(O)C(F)(F)F.O=C(O)C(F)(F)F. The number of carboxylic acid groups (broad SMARTS) is 2. The highest BCUT2D eigenvalue weighted by atomic mass is 32.1. The molecule has 4 heterocycles. The van der Waals surface area contributed by atoms with E-state index < -0.39 is 24.3 Å². The van der Waals surface area contributed by atoms with Crippen molar-refractivity contribution >= 4 is 23.3 Å². The van der Waals surface area contributed by atoms with E-state index in [1.807, 2.05) is 23.5 Å². The van der Waals surface area contributed by atoms with Crippen molar-refractivity contribution < 1.29 is 50.5 Å². The highest BCUT2D eigenvalue weighted by molar-refractivity contribution is 7.10. The maximum Gasteiger partial charge on any atom is 0.490 e. The van der Waals surface area contributed by atoms with Gasteiger partial charge in [0.15, 0.2) is 5.82 Å². The van der Waals surface area contributed by atoms with Crippen molar-refractivity contribution in [3.8, 4) is 11.4 Å². The Hall–Kier alpha value is -3.57. The van der Waals surface area contributed by atoms with Gasteiger partial charge in [0.1, 0.15) is 11.6 Å². The van der Waals surface area contributed by atoms with Gasteiger partial charge >= 0.3 is 24.3 Å². The molecule has 0 aliphatic carbocycles. The number of hydrogen-bond acceptors (Lipinski definition) is 7. The molecule has 0 bridgehead atoms.